The van der Waals surface area contributed by atoms with E-state index in [1.807, 2.05) is 0 Å². The summed E-state index contributed by atoms with van der Waals surface area (Å²) >= 11 is 0. The van der Waals surface area contributed by atoms with E-state index < -0.39 is 28.8 Å². The molecule has 0 aromatic heterocycles. The van der Waals surface area contributed by atoms with E-state index in [2.05, 4.69) is 0 Å². The van der Waals surface area contributed by atoms with Crippen LogP contribution >= 0.6 is 0 Å². The topological polar surface area (TPSA) is 213 Å². The lowest BCUT2D eigenvalue weighted by atomic mass is 10.2. The summed E-state index contributed by atoms with van der Waals surface area (Å²) in [7, 11) is 0. The Labute approximate surface area is 81.5 Å². The summed E-state index contributed by atoms with van der Waals surface area (Å²) < 4.78 is 0. The van der Waals surface area contributed by atoms with Crippen LogP contribution in [0, 0.1) is 10.1 Å². The van der Waals surface area contributed by atoms with Crippen LogP contribution in [0.25, 0.3) is 0 Å². The third-order valence-corrected chi connectivity index (χ3v) is 1.18. The Bertz CT molecular complexity index is 268. The first kappa shape index (κ1) is 18.6. The van der Waals surface area contributed by atoms with Crippen molar-refractivity contribution in [1.29, 1.82) is 0 Å². The highest BCUT2D eigenvalue weighted by Crippen LogP contribution is 1.95. The molecule has 8 N–H and O–H groups in total. The first-order valence-corrected chi connectivity index (χ1v) is 2.81. The standard InChI is InChI=1S/C4H3N3O5.3H2O/c8-2-1(7(11)12)3(9)6-4(10)5-2;;;/h1H,(H2,5,6,8,9,10);3*1H2. The lowest BCUT2D eigenvalue weighted by Crippen LogP contribution is -2.61. The first-order valence-electron chi connectivity index (χ1n) is 2.81. The first-order chi connectivity index (χ1) is 5.52. The SMILES string of the molecule is O.O.O.O=C1NC(=O)C([N+](=O)[O-])C(=O)N1. The summed E-state index contributed by atoms with van der Waals surface area (Å²) in [5, 5.41) is 13.2. The van der Waals surface area contributed by atoms with Gasteiger partial charge in [-0.3, -0.25) is 30.3 Å². The van der Waals surface area contributed by atoms with Gasteiger partial charge in [-0.2, -0.15) is 0 Å². The Balaban J connectivity index is -0.000000480. The van der Waals surface area contributed by atoms with Gasteiger partial charge in [0.1, 0.15) is 0 Å². The highest BCUT2D eigenvalue weighted by Gasteiger charge is 2.43. The van der Waals surface area contributed by atoms with Gasteiger partial charge in [0.25, 0.3) is 0 Å². The van der Waals surface area contributed by atoms with Crippen molar-refractivity contribution in [2.75, 3.05) is 0 Å². The number of nitrogens with one attached hydrogen (secondary N) is 2. The van der Waals surface area contributed by atoms with E-state index in [-0.39, 0.29) is 16.4 Å². The molecule has 0 spiro atoms. The van der Waals surface area contributed by atoms with E-state index in [0.717, 1.165) is 0 Å². The average Bonchev–Trinajstić information content (AvgIpc) is 1.82. The Hall–Kier alpha value is -2.11. The van der Waals surface area contributed by atoms with Gasteiger partial charge in [-0.25, -0.2) is 4.79 Å². The van der Waals surface area contributed by atoms with E-state index in [9.17, 15) is 24.5 Å². The van der Waals surface area contributed by atoms with E-state index >= 15 is 0 Å². The molecule has 88 valence electrons. The molecule has 15 heavy (non-hydrogen) atoms. The molecule has 1 aliphatic heterocycles. The average molecular weight is 227 g/mol. The van der Waals surface area contributed by atoms with Crippen molar-refractivity contribution in [2.24, 2.45) is 0 Å². The number of urea groups is 1. The van der Waals surface area contributed by atoms with E-state index in [0.29, 0.717) is 0 Å². The minimum Gasteiger partial charge on any atom is -0.412 e. The predicted octanol–water partition coefficient (Wildman–Crippen LogP) is -4.48. The van der Waals surface area contributed by atoms with Gasteiger partial charge >= 0.3 is 23.9 Å². The molecular formula is C4H9N3O8. The highest BCUT2D eigenvalue weighted by atomic mass is 16.6. The number of carbonyl (C=O) groups excluding carboxylic acids is 3. The van der Waals surface area contributed by atoms with Crippen LogP contribution in [-0.2, 0) is 9.59 Å². The molecule has 1 saturated heterocycles. The molecule has 1 rings (SSSR count). The number of imide groups is 2. The second-order valence-electron chi connectivity index (χ2n) is 2.00. The molecule has 0 unspecified atom stereocenters. The molecular weight excluding hydrogens is 218 g/mol. The molecule has 11 nitrogen and oxygen atoms in total. The molecule has 0 aromatic rings. The molecule has 0 bridgehead atoms. The highest BCUT2D eigenvalue weighted by molar-refractivity contribution is 6.17. The number of carbonyl (C=O) groups is 3. The van der Waals surface area contributed by atoms with Crippen LogP contribution in [-0.4, -0.2) is 45.2 Å². The van der Waals surface area contributed by atoms with Crippen LogP contribution in [0.5, 0.6) is 0 Å². The van der Waals surface area contributed by atoms with Crippen molar-refractivity contribution in [2.45, 2.75) is 6.04 Å². The van der Waals surface area contributed by atoms with Crippen molar-refractivity contribution in [1.82, 2.24) is 10.6 Å². The molecule has 0 saturated carbocycles. The quantitative estimate of drug-likeness (QED) is 0.256. The molecule has 1 fully saturated rings. The minimum atomic E-state index is -2.03. The minimum absolute atomic E-state index is 0. The van der Waals surface area contributed by atoms with E-state index in [1.54, 1.807) is 10.6 Å². The molecule has 0 radical (unpaired) electrons. The van der Waals surface area contributed by atoms with Gasteiger partial charge in [0, 0.05) is 4.92 Å². The summed E-state index contributed by atoms with van der Waals surface area (Å²) in [6, 6.07) is -3.06. The smallest absolute Gasteiger partial charge is 0.366 e. The lowest BCUT2D eigenvalue weighted by molar-refractivity contribution is -0.494. The number of hydrogen-bond acceptors (Lipinski definition) is 5. The molecule has 11 heteroatoms. The monoisotopic (exact) mass is 227 g/mol. The van der Waals surface area contributed by atoms with Gasteiger partial charge in [-0.1, -0.05) is 0 Å². The third-order valence-electron chi connectivity index (χ3n) is 1.18. The Morgan fingerprint density at radius 1 is 1.00 bits per heavy atom. The zero-order valence-corrected chi connectivity index (χ0v) is 7.07. The summed E-state index contributed by atoms with van der Waals surface area (Å²) in [4.78, 5) is 40.6. The van der Waals surface area contributed by atoms with Gasteiger partial charge in [0.15, 0.2) is 0 Å². The van der Waals surface area contributed by atoms with Gasteiger partial charge < -0.3 is 16.4 Å². The zero-order chi connectivity index (χ0) is 9.30. The Morgan fingerprint density at radius 3 is 1.60 bits per heavy atom. The van der Waals surface area contributed by atoms with Gasteiger partial charge in [-0.05, 0) is 0 Å². The normalized spacial score (nSPS) is 14.8. The molecule has 0 aliphatic carbocycles. The van der Waals surface area contributed by atoms with Crippen LogP contribution in [0.3, 0.4) is 0 Å². The lowest BCUT2D eigenvalue weighted by Gasteiger charge is -2.13. The fourth-order valence-corrected chi connectivity index (χ4v) is 0.702. The van der Waals surface area contributed by atoms with Crippen molar-refractivity contribution in [3.63, 3.8) is 0 Å². The van der Waals surface area contributed by atoms with Crippen LogP contribution in [0.2, 0.25) is 0 Å². The van der Waals surface area contributed by atoms with Crippen LogP contribution in [0.1, 0.15) is 0 Å². The number of rotatable bonds is 1. The third kappa shape index (κ3) is 3.63. The predicted molar refractivity (Wildman–Crippen MR) is 43.3 cm³/mol. The molecule has 1 aliphatic rings. The Morgan fingerprint density at radius 2 is 1.33 bits per heavy atom. The second-order valence-corrected chi connectivity index (χ2v) is 2.00. The van der Waals surface area contributed by atoms with Gasteiger partial charge in [-0.15, -0.1) is 0 Å². The summed E-state index contributed by atoms with van der Waals surface area (Å²) in [5.41, 5.74) is 0. The summed E-state index contributed by atoms with van der Waals surface area (Å²) in [5.74, 6) is -2.43. The van der Waals surface area contributed by atoms with Crippen molar-refractivity contribution >= 4 is 17.8 Å². The molecule has 4 amide bonds. The second kappa shape index (κ2) is 6.36. The zero-order valence-electron chi connectivity index (χ0n) is 7.07. The number of amides is 4. The summed E-state index contributed by atoms with van der Waals surface area (Å²) in [6.07, 6.45) is 0. The Kier molecular flexibility index (Phi) is 7.90. The van der Waals surface area contributed by atoms with Crippen LogP contribution < -0.4 is 10.6 Å². The van der Waals surface area contributed by atoms with Crippen molar-refractivity contribution < 1.29 is 35.7 Å². The van der Waals surface area contributed by atoms with Crippen molar-refractivity contribution in [3.05, 3.63) is 10.1 Å². The van der Waals surface area contributed by atoms with Crippen LogP contribution in [0.4, 0.5) is 4.79 Å². The fourth-order valence-electron chi connectivity index (χ4n) is 0.702. The molecule has 0 atom stereocenters. The van der Waals surface area contributed by atoms with Gasteiger partial charge in [0.05, 0.1) is 0 Å². The van der Waals surface area contributed by atoms with E-state index in [1.165, 1.54) is 0 Å². The summed E-state index contributed by atoms with van der Waals surface area (Å²) in [6.45, 7) is 0. The maximum Gasteiger partial charge on any atom is 0.366 e. The number of nitro groups is 1. The number of hydrogen-bond donors (Lipinski definition) is 2. The molecule has 0 aromatic carbocycles. The maximum atomic E-state index is 10.6. The van der Waals surface area contributed by atoms with Crippen molar-refractivity contribution in [3.8, 4) is 0 Å². The maximum absolute atomic E-state index is 10.6. The largest absolute Gasteiger partial charge is 0.412 e. The van der Waals surface area contributed by atoms with Crippen LogP contribution in [0.15, 0.2) is 0 Å². The fraction of sp³-hybridized carbons (Fsp3) is 0.250. The number of nitrogens with zero attached hydrogens (tertiary/aromatic N) is 1. The van der Waals surface area contributed by atoms with Gasteiger partial charge in [0.2, 0.25) is 0 Å². The van der Waals surface area contributed by atoms with E-state index in [4.69, 9.17) is 0 Å². The molecule has 1 heterocycles. The number of barbiturate groups is 1.